The summed E-state index contributed by atoms with van der Waals surface area (Å²) in [6, 6.07) is 1.69. The van der Waals surface area contributed by atoms with E-state index in [0.717, 1.165) is 13.0 Å². The number of aryl methyl sites for hydroxylation is 3. The number of sulfonamides is 1. The van der Waals surface area contributed by atoms with Gasteiger partial charge in [0.2, 0.25) is 0 Å². The van der Waals surface area contributed by atoms with Crippen LogP contribution in [0.5, 0.6) is 0 Å². The van der Waals surface area contributed by atoms with Crippen LogP contribution in [-0.4, -0.2) is 23.0 Å². The number of anilines is 1. The second-order valence-electron chi connectivity index (χ2n) is 4.72. The zero-order valence-electron chi connectivity index (χ0n) is 12.1. The lowest BCUT2D eigenvalue weighted by Crippen LogP contribution is -2.15. The molecule has 8 heteroatoms. The van der Waals surface area contributed by atoms with E-state index < -0.39 is 10.0 Å². The monoisotopic (exact) mass is 328 g/mol. The fourth-order valence-electron chi connectivity index (χ4n) is 1.91. The maximum absolute atomic E-state index is 12.4. The average molecular weight is 329 g/mol. The standard InChI is InChI=1S/C13H17ClN4O2S/c1-4-7-18-8-11(16-10(18)3)21(19,20)17-12-9(2)5-6-15-13(12)14/h5-6,8,17H,4,7H2,1-3H3. The van der Waals surface area contributed by atoms with Crippen LogP contribution in [0.15, 0.2) is 23.5 Å². The number of pyridine rings is 1. The van der Waals surface area contributed by atoms with Crippen molar-refractivity contribution in [3.63, 3.8) is 0 Å². The highest BCUT2D eigenvalue weighted by atomic mass is 35.5. The molecule has 1 N–H and O–H groups in total. The number of hydrogen-bond acceptors (Lipinski definition) is 4. The van der Waals surface area contributed by atoms with Crippen molar-refractivity contribution in [3.8, 4) is 0 Å². The minimum Gasteiger partial charge on any atom is -0.334 e. The molecule has 6 nitrogen and oxygen atoms in total. The minimum atomic E-state index is -3.78. The molecule has 2 heterocycles. The highest BCUT2D eigenvalue weighted by Gasteiger charge is 2.21. The maximum Gasteiger partial charge on any atom is 0.281 e. The van der Waals surface area contributed by atoms with Crippen molar-refractivity contribution >= 4 is 27.3 Å². The van der Waals surface area contributed by atoms with Crippen LogP contribution < -0.4 is 4.72 Å². The van der Waals surface area contributed by atoms with Gasteiger partial charge >= 0.3 is 0 Å². The van der Waals surface area contributed by atoms with E-state index in [9.17, 15) is 8.42 Å². The Labute approximate surface area is 129 Å². The van der Waals surface area contributed by atoms with Gasteiger partial charge in [0.1, 0.15) is 5.82 Å². The highest BCUT2D eigenvalue weighted by Crippen LogP contribution is 2.25. The fourth-order valence-corrected chi connectivity index (χ4v) is 3.37. The van der Waals surface area contributed by atoms with Crippen LogP contribution in [0.1, 0.15) is 24.7 Å². The molecule has 2 aromatic heterocycles. The van der Waals surface area contributed by atoms with Crippen molar-refractivity contribution in [3.05, 3.63) is 35.0 Å². The number of rotatable bonds is 5. The molecule has 0 spiro atoms. The Bertz CT molecular complexity index is 735. The van der Waals surface area contributed by atoms with Gasteiger partial charge in [0.15, 0.2) is 10.2 Å². The Balaban J connectivity index is 2.37. The largest absolute Gasteiger partial charge is 0.334 e. The van der Waals surface area contributed by atoms with Gasteiger partial charge in [-0.05, 0) is 31.9 Å². The number of aromatic nitrogens is 3. The average Bonchev–Trinajstić information content (AvgIpc) is 2.77. The first-order valence-electron chi connectivity index (χ1n) is 6.53. The highest BCUT2D eigenvalue weighted by molar-refractivity contribution is 7.92. The number of imidazole rings is 1. The molecule has 21 heavy (non-hydrogen) atoms. The normalized spacial score (nSPS) is 11.6. The molecule has 0 amide bonds. The summed E-state index contributed by atoms with van der Waals surface area (Å²) in [4.78, 5) is 7.99. The molecule has 2 rings (SSSR count). The first kappa shape index (κ1) is 15.8. The van der Waals surface area contributed by atoms with E-state index >= 15 is 0 Å². The van der Waals surface area contributed by atoms with Crippen LogP contribution >= 0.6 is 11.6 Å². The second kappa shape index (κ2) is 6.03. The summed E-state index contributed by atoms with van der Waals surface area (Å²) in [6.07, 6.45) is 3.95. The summed E-state index contributed by atoms with van der Waals surface area (Å²) in [6.45, 7) is 6.27. The van der Waals surface area contributed by atoms with E-state index in [0.29, 0.717) is 11.4 Å². The number of nitrogens with zero attached hydrogens (tertiary/aromatic N) is 3. The number of hydrogen-bond donors (Lipinski definition) is 1. The molecule has 0 aliphatic rings. The summed E-state index contributed by atoms with van der Waals surface area (Å²) >= 11 is 5.95. The molecule has 0 fully saturated rings. The Kier molecular flexibility index (Phi) is 4.53. The molecule has 0 unspecified atom stereocenters. The molecule has 0 radical (unpaired) electrons. The van der Waals surface area contributed by atoms with E-state index in [1.807, 2.05) is 11.5 Å². The molecular formula is C13H17ClN4O2S. The third-order valence-electron chi connectivity index (χ3n) is 3.04. The lowest BCUT2D eigenvalue weighted by molar-refractivity contribution is 0.597. The van der Waals surface area contributed by atoms with Crippen molar-refractivity contribution in [1.29, 1.82) is 0 Å². The smallest absolute Gasteiger partial charge is 0.281 e. The lowest BCUT2D eigenvalue weighted by atomic mass is 10.3. The molecule has 0 saturated heterocycles. The molecule has 0 saturated carbocycles. The second-order valence-corrected chi connectivity index (χ2v) is 6.71. The molecule has 0 aliphatic carbocycles. The zero-order valence-corrected chi connectivity index (χ0v) is 13.7. The molecule has 0 aliphatic heterocycles. The predicted octanol–water partition coefficient (Wildman–Crippen LogP) is 2.76. The maximum atomic E-state index is 12.4. The van der Waals surface area contributed by atoms with Crippen LogP contribution in [0.25, 0.3) is 0 Å². The summed E-state index contributed by atoms with van der Waals surface area (Å²) < 4.78 is 29.1. The van der Waals surface area contributed by atoms with Crippen molar-refractivity contribution in [2.24, 2.45) is 0 Å². The van der Waals surface area contributed by atoms with Crippen molar-refractivity contribution < 1.29 is 8.42 Å². The Hall–Kier alpha value is -1.60. The molecule has 114 valence electrons. The molecule has 0 aromatic carbocycles. The quantitative estimate of drug-likeness (QED) is 0.856. The minimum absolute atomic E-state index is 0.0206. The predicted molar refractivity (Wildman–Crippen MR) is 82.0 cm³/mol. The first-order valence-corrected chi connectivity index (χ1v) is 8.39. The van der Waals surface area contributed by atoms with Gasteiger partial charge in [-0.3, -0.25) is 4.72 Å². The van der Waals surface area contributed by atoms with Gasteiger partial charge in [-0.1, -0.05) is 18.5 Å². The Morgan fingerprint density at radius 1 is 1.38 bits per heavy atom. The van der Waals surface area contributed by atoms with E-state index in [-0.39, 0.29) is 15.9 Å². The summed E-state index contributed by atoms with van der Waals surface area (Å²) in [5.74, 6) is 0.659. The van der Waals surface area contributed by atoms with Crippen LogP contribution in [-0.2, 0) is 16.6 Å². The molecule has 0 atom stereocenters. The van der Waals surface area contributed by atoms with Gasteiger partial charge in [0, 0.05) is 18.9 Å². The third-order valence-corrected chi connectivity index (χ3v) is 4.55. The Morgan fingerprint density at radius 3 is 2.71 bits per heavy atom. The molecule has 0 bridgehead atoms. The van der Waals surface area contributed by atoms with Gasteiger partial charge in [-0.2, -0.15) is 8.42 Å². The SMILES string of the molecule is CCCn1cc(S(=O)(=O)Nc2c(C)ccnc2Cl)nc1C. The van der Waals surface area contributed by atoms with Gasteiger partial charge in [0.05, 0.1) is 5.69 Å². The molecular weight excluding hydrogens is 312 g/mol. The lowest BCUT2D eigenvalue weighted by Gasteiger charge is -2.09. The van der Waals surface area contributed by atoms with E-state index in [1.165, 1.54) is 12.4 Å². The van der Waals surface area contributed by atoms with Crippen LogP contribution in [0.4, 0.5) is 5.69 Å². The van der Waals surface area contributed by atoms with E-state index in [2.05, 4.69) is 14.7 Å². The summed E-state index contributed by atoms with van der Waals surface area (Å²) in [7, 11) is -3.78. The Morgan fingerprint density at radius 2 is 2.10 bits per heavy atom. The molecule has 2 aromatic rings. The van der Waals surface area contributed by atoms with Crippen molar-refractivity contribution in [1.82, 2.24) is 14.5 Å². The van der Waals surface area contributed by atoms with E-state index in [4.69, 9.17) is 11.6 Å². The topological polar surface area (TPSA) is 76.9 Å². The number of nitrogens with one attached hydrogen (secondary N) is 1. The van der Waals surface area contributed by atoms with Gasteiger partial charge in [-0.15, -0.1) is 0 Å². The van der Waals surface area contributed by atoms with Crippen LogP contribution in [0, 0.1) is 13.8 Å². The summed E-state index contributed by atoms with van der Waals surface area (Å²) in [5, 5.41) is 0.0936. The van der Waals surface area contributed by atoms with Gasteiger partial charge < -0.3 is 4.57 Å². The van der Waals surface area contributed by atoms with Crippen LogP contribution in [0.3, 0.4) is 0 Å². The van der Waals surface area contributed by atoms with Crippen molar-refractivity contribution in [2.45, 2.75) is 38.8 Å². The van der Waals surface area contributed by atoms with Gasteiger partial charge in [0.25, 0.3) is 10.0 Å². The summed E-state index contributed by atoms with van der Waals surface area (Å²) in [5.41, 5.74) is 0.977. The van der Waals surface area contributed by atoms with Crippen molar-refractivity contribution in [2.75, 3.05) is 4.72 Å². The van der Waals surface area contributed by atoms with Crippen LogP contribution in [0.2, 0.25) is 5.15 Å². The van der Waals surface area contributed by atoms with Gasteiger partial charge in [-0.25, -0.2) is 9.97 Å². The van der Waals surface area contributed by atoms with E-state index in [1.54, 1.807) is 19.9 Å². The number of halogens is 1. The third kappa shape index (κ3) is 3.36. The first-order chi connectivity index (χ1) is 9.85. The fraction of sp³-hybridized carbons (Fsp3) is 0.385. The zero-order chi connectivity index (χ0) is 15.6.